The van der Waals surface area contributed by atoms with E-state index in [-0.39, 0.29) is 17.9 Å². The summed E-state index contributed by atoms with van der Waals surface area (Å²) in [5, 5.41) is 3.16. The fraction of sp³-hybridized carbons (Fsp3) is 0.737. The van der Waals surface area contributed by atoms with Gasteiger partial charge >= 0.3 is 0 Å². The monoisotopic (exact) mass is 348 g/mol. The van der Waals surface area contributed by atoms with Crippen molar-refractivity contribution in [3.05, 3.63) is 23.7 Å². The minimum absolute atomic E-state index is 0.0480. The SMILES string of the molecule is Cc1ccc([C@H](CNC(=O)[C@@H]2CCCC23OCCO3)N2CCCC2)o1. The van der Waals surface area contributed by atoms with Crippen LogP contribution in [0.2, 0.25) is 0 Å². The molecule has 3 fully saturated rings. The van der Waals surface area contributed by atoms with Crippen LogP contribution in [0.25, 0.3) is 0 Å². The average Bonchev–Trinajstić information content (AvgIpc) is 3.38. The van der Waals surface area contributed by atoms with Crippen LogP contribution >= 0.6 is 0 Å². The number of likely N-dealkylation sites (tertiary alicyclic amines) is 1. The van der Waals surface area contributed by atoms with E-state index in [2.05, 4.69) is 10.2 Å². The Hall–Kier alpha value is -1.37. The smallest absolute Gasteiger partial charge is 0.228 e. The van der Waals surface area contributed by atoms with Gasteiger partial charge in [0, 0.05) is 13.0 Å². The van der Waals surface area contributed by atoms with E-state index >= 15 is 0 Å². The second kappa shape index (κ2) is 7.09. The lowest BCUT2D eigenvalue weighted by Gasteiger charge is -2.30. The summed E-state index contributed by atoms with van der Waals surface area (Å²) in [5.41, 5.74) is 0. The molecule has 2 atom stereocenters. The maximum Gasteiger partial charge on any atom is 0.228 e. The van der Waals surface area contributed by atoms with Gasteiger partial charge in [0.25, 0.3) is 0 Å². The van der Waals surface area contributed by atoms with Gasteiger partial charge in [-0.05, 0) is 57.8 Å². The van der Waals surface area contributed by atoms with E-state index in [1.54, 1.807) is 0 Å². The number of rotatable bonds is 5. The third kappa shape index (κ3) is 3.35. The molecule has 0 aromatic carbocycles. The van der Waals surface area contributed by atoms with Crippen LogP contribution in [-0.2, 0) is 14.3 Å². The number of nitrogens with zero attached hydrogens (tertiary/aromatic N) is 1. The molecule has 25 heavy (non-hydrogen) atoms. The van der Waals surface area contributed by atoms with Gasteiger partial charge in [-0.25, -0.2) is 0 Å². The first-order valence-corrected chi connectivity index (χ1v) is 9.54. The zero-order chi connectivity index (χ0) is 17.3. The second-order valence-electron chi connectivity index (χ2n) is 7.41. The van der Waals surface area contributed by atoms with Gasteiger partial charge < -0.3 is 19.2 Å². The highest BCUT2D eigenvalue weighted by atomic mass is 16.7. The second-order valence-corrected chi connectivity index (χ2v) is 7.41. The Morgan fingerprint density at radius 2 is 2.04 bits per heavy atom. The highest BCUT2D eigenvalue weighted by molar-refractivity contribution is 5.80. The van der Waals surface area contributed by atoms with Crippen LogP contribution in [0.5, 0.6) is 0 Å². The lowest BCUT2D eigenvalue weighted by molar-refractivity contribution is -0.186. The van der Waals surface area contributed by atoms with Crippen molar-refractivity contribution in [3.8, 4) is 0 Å². The molecule has 138 valence electrons. The van der Waals surface area contributed by atoms with Crippen LogP contribution in [-0.4, -0.2) is 49.4 Å². The first-order valence-electron chi connectivity index (χ1n) is 9.54. The van der Waals surface area contributed by atoms with Crippen LogP contribution in [0.1, 0.15) is 49.7 Å². The molecule has 6 heteroatoms. The molecular weight excluding hydrogens is 320 g/mol. The van der Waals surface area contributed by atoms with E-state index in [9.17, 15) is 4.79 Å². The molecule has 2 saturated heterocycles. The number of carbonyl (C=O) groups excluding carboxylic acids is 1. The molecule has 4 rings (SSSR count). The first-order chi connectivity index (χ1) is 12.2. The van der Waals surface area contributed by atoms with Gasteiger partial charge in [0.2, 0.25) is 5.91 Å². The fourth-order valence-corrected chi connectivity index (χ4v) is 4.51. The van der Waals surface area contributed by atoms with Crippen molar-refractivity contribution in [2.45, 2.75) is 50.9 Å². The largest absolute Gasteiger partial charge is 0.465 e. The predicted octanol–water partition coefficient (Wildman–Crippen LogP) is 2.38. The van der Waals surface area contributed by atoms with Crippen molar-refractivity contribution in [2.75, 3.05) is 32.8 Å². The molecule has 1 aromatic heterocycles. The van der Waals surface area contributed by atoms with E-state index < -0.39 is 5.79 Å². The summed E-state index contributed by atoms with van der Waals surface area (Å²) in [6.45, 7) is 5.82. The van der Waals surface area contributed by atoms with Crippen molar-refractivity contribution in [3.63, 3.8) is 0 Å². The Morgan fingerprint density at radius 1 is 1.28 bits per heavy atom. The highest BCUT2D eigenvalue weighted by Gasteiger charge is 2.51. The molecule has 3 heterocycles. The lowest BCUT2D eigenvalue weighted by Crippen LogP contribution is -2.46. The van der Waals surface area contributed by atoms with Crippen molar-refractivity contribution >= 4 is 5.91 Å². The molecule has 0 radical (unpaired) electrons. The van der Waals surface area contributed by atoms with Gasteiger partial charge in [0.05, 0.1) is 25.2 Å². The quantitative estimate of drug-likeness (QED) is 0.885. The number of nitrogens with one attached hydrogen (secondary N) is 1. The van der Waals surface area contributed by atoms with E-state index in [0.717, 1.165) is 43.9 Å². The molecule has 1 saturated carbocycles. The minimum Gasteiger partial charge on any atom is -0.465 e. The Bertz CT molecular complexity index is 597. The molecule has 0 unspecified atom stereocenters. The van der Waals surface area contributed by atoms with Gasteiger partial charge in [0.1, 0.15) is 11.5 Å². The number of furan rings is 1. The Balaban J connectivity index is 1.43. The van der Waals surface area contributed by atoms with Crippen molar-refractivity contribution in [1.82, 2.24) is 10.2 Å². The zero-order valence-corrected chi connectivity index (χ0v) is 15.0. The standard InChI is InChI=1S/C19H28N2O4/c1-14-6-7-17(25-14)16(21-9-2-3-10-21)13-20-18(22)15-5-4-8-19(15)23-11-12-24-19/h6-7,15-16H,2-5,8-13H2,1H3,(H,20,22)/t15-,16-/m0/s1. The molecule has 2 aliphatic heterocycles. The number of amides is 1. The molecule has 6 nitrogen and oxygen atoms in total. The average molecular weight is 348 g/mol. The molecule has 1 N–H and O–H groups in total. The third-order valence-corrected chi connectivity index (χ3v) is 5.78. The predicted molar refractivity (Wildman–Crippen MR) is 92.0 cm³/mol. The number of hydrogen-bond donors (Lipinski definition) is 1. The normalized spacial score (nSPS) is 27.2. The van der Waals surface area contributed by atoms with Gasteiger partial charge in [0.15, 0.2) is 5.79 Å². The van der Waals surface area contributed by atoms with Crippen LogP contribution in [0.4, 0.5) is 0 Å². The summed E-state index contributed by atoms with van der Waals surface area (Å²) in [7, 11) is 0. The first kappa shape index (κ1) is 17.1. The van der Waals surface area contributed by atoms with E-state index in [1.807, 2.05) is 19.1 Å². The van der Waals surface area contributed by atoms with E-state index in [1.165, 1.54) is 12.8 Å². The zero-order valence-electron chi connectivity index (χ0n) is 15.0. The Kier molecular flexibility index (Phi) is 4.84. The summed E-state index contributed by atoms with van der Waals surface area (Å²) in [5.74, 6) is 1.02. The molecule has 1 spiro atoms. The topological polar surface area (TPSA) is 63.9 Å². The van der Waals surface area contributed by atoms with Crippen LogP contribution < -0.4 is 5.32 Å². The summed E-state index contributed by atoms with van der Waals surface area (Å²) in [6.07, 6.45) is 5.04. The van der Waals surface area contributed by atoms with E-state index in [4.69, 9.17) is 13.9 Å². The maximum absolute atomic E-state index is 12.8. The lowest BCUT2D eigenvalue weighted by atomic mass is 10.0. The third-order valence-electron chi connectivity index (χ3n) is 5.78. The summed E-state index contributed by atoms with van der Waals surface area (Å²) < 4.78 is 17.5. The summed E-state index contributed by atoms with van der Waals surface area (Å²) in [6, 6.07) is 4.12. The highest BCUT2D eigenvalue weighted by Crippen LogP contribution is 2.42. The molecule has 1 aromatic rings. The molecule has 0 bridgehead atoms. The van der Waals surface area contributed by atoms with Crippen LogP contribution in [0, 0.1) is 12.8 Å². The molecule has 1 amide bonds. The number of hydrogen-bond acceptors (Lipinski definition) is 5. The van der Waals surface area contributed by atoms with Crippen LogP contribution in [0.3, 0.4) is 0 Å². The van der Waals surface area contributed by atoms with Gasteiger partial charge in [-0.2, -0.15) is 0 Å². The Morgan fingerprint density at radius 3 is 2.72 bits per heavy atom. The van der Waals surface area contributed by atoms with Gasteiger partial charge in [-0.3, -0.25) is 9.69 Å². The minimum atomic E-state index is -0.672. The van der Waals surface area contributed by atoms with Crippen molar-refractivity contribution in [1.29, 1.82) is 0 Å². The Labute approximate surface area is 148 Å². The fourth-order valence-electron chi connectivity index (χ4n) is 4.51. The number of carbonyl (C=O) groups is 1. The van der Waals surface area contributed by atoms with E-state index in [0.29, 0.717) is 19.8 Å². The van der Waals surface area contributed by atoms with Gasteiger partial charge in [-0.15, -0.1) is 0 Å². The van der Waals surface area contributed by atoms with Crippen molar-refractivity contribution in [2.24, 2.45) is 5.92 Å². The number of ether oxygens (including phenoxy) is 2. The maximum atomic E-state index is 12.8. The van der Waals surface area contributed by atoms with Crippen LogP contribution in [0.15, 0.2) is 16.5 Å². The molecular formula is C19H28N2O4. The van der Waals surface area contributed by atoms with Gasteiger partial charge in [-0.1, -0.05) is 0 Å². The molecule has 3 aliphatic rings. The summed E-state index contributed by atoms with van der Waals surface area (Å²) in [4.78, 5) is 15.3. The van der Waals surface area contributed by atoms with Crippen molar-refractivity contribution < 1.29 is 18.7 Å². The number of aryl methyl sites for hydroxylation is 1. The summed E-state index contributed by atoms with van der Waals surface area (Å²) >= 11 is 0. The molecule has 1 aliphatic carbocycles.